The number of nitrogens with zero attached hydrogens (tertiary/aromatic N) is 1. The predicted octanol–water partition coefficient (Wildman–Crippen LogP) is 2.24. The fourth-order valence-electron chi connectivity index (χ4n) is 1.28. The predicted molar refractivity (Wildman–Crippen MR) is 60.3 cm³/mol. The van der Waals surface area contributed by atoms with Crippen LogP contribution in [0.3, 0.4) is 0 Å². The number of aromatic carboxylic acids is 1. The molecule has 2 aromatic rings. The van der Waals surface area contributed by atoms with Crippen LogP contribution in [0.4, 0.5) is 0 Å². The molecule has 3 N–H and O–H groups in total. The number of carboxylic acid groups (broad SMARTS) is 1. The maximum Gasteiger partial charge on any atom is 0.355 e. The van der Waals surface area contributed by atoms with E-state index in [1.807, 2.05) is 0 Å². The molecule has 0 atom stereocenters. The van der Waals surface area contributed by atoms with E-state index in [-0.39, 0.29) is 11.4 Å². The van der Waals surface area contributed by atoms with Gasteiger partial charge in [-0.05, 0) is 40.2 Å². The fourth-order valence-corrected chi connectivity index (χ4v) is 1.86. The first-order chi connectivity index (χ1) is 7.59. The van der Waals surface area contributed by atoms with E-state index in [0.29, 0.717) is 15.7 Å². The van der Waals surface area contributed by atoms with Crippen LogP contribution >= 0.6 is 15.9 Å². The number of aromatic amines is 1. The molecule has 0 spiro atoms. The molecule has 0 saturated carbocycles. The van der Waals surface area contributed by atoms with Gasteiger partial charge in [0.05, 0.1) is 4.47 Å². The number of aromatic hydroxyl groups is 1. The van der Waals surface area contributed by atoms with Crippen molar-refractivity contribution in [3.05, 3.63) is 34.4 Å². The van der Waals surface area contributed by atoms with E-state index in [2.05, 4.69) is 26.1 Å². The van der Waals surface area contributed by atoms with Crippen molar-refractivity contribution in [1.82, 2.24) is 10.2 Å². The molecule has 0 aliphatic rings. The van der Waals surface area contributed by atoms with E-state index in [0.717, 1.165) is 0 Å². The van der Waals surface area contributed by atoms with Gasteiger partial charge in [-0.1, -0.05) is 0 Å². The first-order valence-corrected chi connectivity index (χ1v) is 5.15. The van der Waals surface area contributed by atoms with Gasteiger partial charge in [-0.3, -0.25) is 5.10 Å². The highest BCUT2D eigenvalue weighted by Gasteiger charge is 2.17. The Balaban J connectivity index is 2.49. The van der Waals surface area contributed by atoms with Gasteiger partial charge < -0.3 is 10.2 Å². The van der Waals surface area contributed by atoms with Gasteiger partial charge in [-0.25, -0.2) is 4.79 Å². The molecule has 0 aliphatic carbocycles. The SMILES string of the molecule is O=C(O)c1[nH]nc(-c2ccc(O)cc2)c1Br. The molecule has 1 aromatic heterocycles. The van der Waals surface area contributed by atoms with Crippen LogP contribution in [0.15, 0.2) is 28.7 Å². The van der Waals surface area contributed by atoms with E-state index < -0.39 is 5.97 Å². The molecule has 16 heavy (non-hydrogen) atoms. The summed E-state index contributed by atoms with van der Waals surface area (Å²) in [6.07, 6.45) is 0. The summed E-state index contributed by atoms with van der Waals surface area (Å²) in [7, 11) is 0. The summed E-state index contributed by atoms with van der Waals surface area (Å²) in [4.78, 5) is 10.8. The molecule has 0 aliphatic heterocycles. The lowest BCUT2D eigenvalue weighted by molar-refractivity contribution is 0.0689. The number of nitrogens with one attached hydrogen (secondary N) is 1. The normalized spacial score (nSPS) is 10.3. The minimum atomic E-state index is -1.08. The lowest BCUT2D eigenvalue weighted by Gasteiger charge is -1.97. The molecular formula is C10H7BrN2O3. The first-order valence-electron chi connectivity index (χ1n) is 4.36. The molecule has 1 heterocycles. The van der Waals surface area contributed by atoms with Crippen molar-refractivity contribution in [2.75, 3.05) is 0 Å². The number of carboxylic acids is 1. The van der Waals surface area contributed by atoms with Gasteiger partial charge in [-0.15, -0.1) is 0 Å². The summed E-state index contributed by atoms with van der Waals surface area (Å²) in [5.74, 6) is -0.932. The Labute approximate surface area is 98.9 Å². The number of carbonyl (C=O) groups is 1. The summed E-state index contributed by atoms with van der Waals surface area (Å²) in [5.41, 5.74) is 1.22. The zero-order valence-corrected chi connectivity index (χ0v) is 9.52. The summed E-state index contributed by atoms with van der Waals surface area (Å²) in [5, 5.41) is 24.3. The van der Waals surface area contributed by atoms with Crippen LogP contribution in [0.5, 0.6) is 5.75 Å². The highest BCUT2D eigenvalue weighted by molar-refractivity contribution is 9.10. The third-order valence-electron chi connectivity index (χ3n) is 2.06. The van der Waals surface area contributed by atoms with Crippen molar-refractivity contribution in [1.29, 1.82) is 0 Å². The summed E-state index contributed by atoms with van der Waals surface area (Å²) < 4.78 is 0.394. The molecule has 0 amide bonds. The number of halogens is 1. The smallest absolute Gasteiger partial charge is 0.355 e. The van der Waals surface area contributed by atoms with E-state index in [1.165, 1.54) is 12.1 Å². The van der Waals surface area contributed by atoms with Gasteiger partial charge in [0, 0.05) is 5.56 Å². The zero-order chi connectivity index (χ0) is 11.7. The van der Waals surface area contributed by atoms with Crippen LogP contribution in [0, 0.1) is 0 Å². The average Bonchev–Trinajstić information content (AvgIpc) is 2.61. The van der Waals surface area contributed by atoms with Crippen molar-refractivity contribution >= 4 is 21.9 Å². The lowest BCUT2D eigenvalue weighted by atomic mass is 10.1. The number of hydrogen-bond acceptors (Lipinski definition) is 3. The van der Waals surface area contributed by atoms with Gasteiger partial charge >= 0.3 is 5.97 Å². The number of rotatable bonds is 2. The average molecular weight is 283 g/mol. The topological polar surface area (TPSA) is 86.2 Å². The highest BCUT2D eigenvalue weighted by atomic mass is 79.9. The molecule has 0 saturated heterocycles. The van der Waals surface area contributed by atoms with E-state index >= 15 is 0 Å². The number of phenols is 1. The number of H-pyrrole nitrogens is 1. The van der Waals surface area contributed by atoms with Crippen molar-refractivity contribution in [2.24, 2.45) is 0 Å². The van der Waals surface area contributed by atoms with Crippen molar-refractivity contribution in [3.8, 4) is 17.0 Å². The third kappa shape index (κ3) is 1.79. The van der Waals surface area contributed by atoms with Gasteiger partial charge in [0.15, 0.2) is 5.69 Å². The van der Waals surface area contributed by atoms with Gasteiger partial charge in [0.1, 0.15) is 11.4 Å². The molecule has 0 unspecified atom stereocenters. The number of hydrogen-bond donors (Lipinski definition) is 3. The van der Waals surface area contributed by atoms with Crippen molar-refractivity contribution in [2.45, 2.75) is 0 Å². The molecule has 1 aromatic carbocycles. The number of phenolic OH excluding ortho intramolecular Hbond substituents is 1. The molecule has 0 fully saturated rings. The lowest BCUT2D eigenvalue weighted by Crippen LogP contribution is -1.96. The van der Waals surface area contributed by atoms with E-state index in [1.54, 1.807) is 12.1 Å². The molecular weight excluding hydrogens is 276 g/mol. The maximum absolute atomic E-state index is 10.8. The van der Waals surface area contributed by atoms with Gasteiger partial charge in [0.25, 0.3) is 0 Å². The highest BCUT2D eigenvalue weighted by Crippen LogP contribution is 2.29. The Morgan fingerprint density at radius 2 is 1.94 bits per heavy atom. The minimum absolute atomic E-state index is 0.00285. The third-order valence-corrected chi connectivity index (χ3v) is 2.83. The number of benzene rings is 1. The van der Waals surface area contributed by atoms with Crippen LogP contribution in [-0.2, 0) is 0 Å². The molecule has 6 heteroatoms. The molecule has 0 bridgehead atoms. The molecule has 2 rings (SSSR count). The summed E-state index contributed by atoms with van der Waals surface area (Å²) in [6.45, 7) is 0. The standard InChI is InChI=1S/C10H7BrN2O3/c11-7-8(12-13-9(7)10(15)16)5-1-3-6(14)4-2-5/h1-4,14H,(H,12,13)(H,15,16). The zero-order valence-electron chi connectivity index (χ0n) is 7.94. The van der Waals surface area contributed by atoms with Gasteiger partial charge in [-0.2, -0.15) is 5.10 Å². The van der Waals surface area contributed by atoms with Crippen molar-refractivity contribution < 1.29 is 15.0 Å². The number of aromatic nitrogens is 2. The van der Waals surface area contributed by atoms with Crippen molar-refractivity contribution in [3.63, 3.8) is 0 Å². The van der Waals surface area contributed by atoms with Crippen LogP contribution in [0.25, 0.3) is 11.3 Å². The Kier molecular flexibility index (Phi) is 2.66. The molecule has 82 valence electrons. The Hall–Kier alpha value is -1.82. The van der Waals surface area contributed by atoms with Crippen LogP contribution in [0.2, 0.25) is 0 Å². The fraction of sp³-hybridized carbons (Fsp3) is 0. The summed E-state index contributed by atoms with van der Waals surface area (Å²) in [6, 6.07) is 6.33. The van der Waals surface area contributed by atoms with Crippen LogP contribution in [-0.4, -0.2) is 26.4 Å². The van der Waals surface area contributed by atoms with Crippen LogP contribution < -0.4 is 0 Å². The summed E-state index contributed by atoms with van der Waals surface area (Å²) >= 11 is 3.17. The second kappa shape index (κ2) is 3.97. The Morgan fingerprint density at radius 1 is 1.31 bits per heavy atom. The largest absolute Gasteiger partial charge is 0.508 e. The quantitative estimate of drug-likeness (QED) is 0.789. The monoisotopic (exact) mass is 282 g/mol. The second-order valence-electron chi connectivity index (χ2n) is 3.11. The maximum atomic E-state index is 10.8. The van der Waals surface area contributed by atoms with Gasteiger partial charge in [0.2, 0.25) is 0 Å². The second-order valence-corrected chi connectivity index (χ2v) is 3.91. The first kappa shape index (κ1) is 10.7. The molecule has 5 nitrogen and oxygen atoms in total. The van der Waals surface area contributed by atoms with E-state index in [9.17, 15) is 4.79 Å². The molecule has 0 radical (unpaired) electrons. The Morgan fingerprint density at radius 3 is 2.44 bits per heavy atom. The van der Waals surface area contributed by atoms with E-state index in [4.69, 9.17) is 10.2 Å². The van der Waals surface area contributed by atoms with Crippen LogP contribution in [0.1, 0.15) is 10.5 Å². The minimum Gasteiger partial charge on any atom is -0.508 e. The Bertz CT molecular complexity index is 533.